The van der Waals surface area contributed by atoms with Crippen molar-refractivity contribution in [2.45, 2.75) is 0 Å². The molecule has 0 aliphatic carbocycles. The van der Waals surface area contributed by atoms with E-state index in [1.54, 1.807) is 37.4 Å². The second-order valence-corrected chi connectivity index (χ2v) is 5.55. The van der Waals surface area contributed by atoms with E-state index < -0.39 is 11.7 Å². The van der Waals surface area contributed by atoms with E-state index in [0.29, 0.717) is 27.8 Å². The van der Waals surface area contributed by atoms with E-state index in [1.165, 1.54) is 16.7 Å². The molecule has 0 unspecified atom stereocenters. The summed E-state index contributed by atoms with van der Waals surface area (Å²) in [5.74, 6) is -1.28. The molecule has 120 valence electrons. The van der Waals surface area contributed by atoms with Gasteiger partial charge in [-0.2, -0.15) is 0 Å². The Kier molecular flexibility index (Phi) is 3.13. The first kappa shape index (κ1) is 14.4. The van der Waals surface area contributed by atoms with E-state index in [0.717, 1.165) is 5.56 Å². The smallest absolute Gasteiger partial charge is 0.419 e. The van der Waals surface area contributed by atoms with Gasteiger partial charge in [-0.1, -0.05) is 18.2 Å². The standard InChI is InChI=1S/C18H12FNO4/c1-20-14-7-4-11(8-15(14)24-18(20)22)13-9-23-17(21)16(13)10-2-5-12(19)6-3-10/h2-8H,9H2,1H3. The van der Waals surface area contributed by atoms with Crippen LogP contribution < -0.4 is 5.76 Å². The van der Waals surface area contributed by atoms with E-state index in [1.807, 2.05) is 0 Å². The third-order valence-electron chi connectivity index (χ3n) is 4.13. The highest BCUT2D eigenvalue weighted by molar-refractivity contribution is 6.27. The van der Waals surface area contributed by atoms with Gasteiger partial charge < -0.3 is 9.15 Å². The molecule has 24 heavy (non-hydrogen) atoms. The molecule has 2 heterocycles. The number of oxazole rings is 1. The molecule has 2 aromatic carbocycles. The number of hydrogen-bond donors (Lipinski definition) is 0. The Morgan fingerprint density at radius 2 is 1.75 bits per heavy atom. The maximum atomic E-state index is 13.1. The number of rotatable bonds is 2. The SMILES string of the molecule is Cn1c(=O)oc2cc(C3=C(c4ccc(F)cc4)C(=O)OC3)ccc21. The Morgan fingerprint density at radius 1 is 1.04 bits per heavy atom. The minimum Gasteiger partial charge on any atom is -0.457 e. The molecular weight excluding hydrogens is 313 g/mol. The highest BCUT2D eigenvalue weighted by Gasteiger charge is 2.27. The van der Waals surface area contributed by atoms with E-state index in [9.17, 15) is 14.0 Å². The average molecular weight is 325 g/mol. The Morgan fingerprint density at radius 3 is 2.50 bits per heavy atom. The monoisotopic (exact) mass is 325 g/mol. The summed E-state index contributed by atoms with van der Waals surface area (Å²) in [5.41, 5.74) is 3.49. The third-order valence-corrected chi connectivity index (χ3v) is 4.13. The minimum atomic E-state index is -0.453. The molecule has 3 aromatic rings. The summed E-state index contributed by atoms with van der Waals surface area (Å²) in [5, 5.41) is 0. The lowest BCUT2D eigenvalue weighted by Crippen LogP contribution is -2.08. The van der Waals surface area contributed by atoms with Crippen molar-refractivity contribution in [3.05, 3.63) is 70.0 Å². The zero-order chi connectivity index (χ0) is 16.8. The first-order valence-electron chi connectivity index (χ1n) is 7.31. The number of benzene rings is 2. The Balaban J connectivity index is 1.90. The molecule has 0 N–H and O–H groups in total. The number of cyclic esters (lactones) is 1. The lowest BCUT2D eigenvalue weighted by molar-refractivity contribution is -0.133. The first-order chi connectivity index (χ1) is 11.5. The lowest BCUT2D eigenvalue weighted by Gasteiger charge is -2.05. The second kappa shape index (κ2) is 5.19. The van der Waals surface area contributed by atoms with Gasteiger partial charge >= 0.3 is 11.7 Å². The Labute approximate surface area is 135 Å². The van der Waals surface area contributed by atoms with Crippen molar-refractivity contribution in [2.24, 2.45) is 7.05 Å². The summed E-state index contributed by atoms with van der Waals surface area (Å²) in [6.45, 7) is 0.119. The maximum absolute atomic E-state index is 13.1. The molecule has 0 fully saturated rings. The number of aryl methyl sites for hydroxylation is 1. The van der Waals surface area contributed by atoms with Gasteiger partial charge in [-0.05, 0) is 35.4 Å². The molecule has 4 rings (SSSR count). The van der Waals surface area contributed by atoms with Gasteiger partial charge in [-0.3, -0.25) is 4.57 Å². The number of carbonyl (C=O) groups is 1. The molecule has 0 saturated heterocycles. The zero-order valence-electron chi connectivity index (χ0n) is 12.7. The van der Waals surface area contributed by atoms with Crippen LogP contribution in [0.3, 0.4) is 0 Å². The molecule has 1 aromatic heterocycles. The number of halogens is 1. The number of esters is 1. The predicted molar refractivity (Wildman–Crippen MR) is 85.6 cm³/mol. The van der Waals surface area contributed by atoms with Crippen molar-refractivity contribution < 1.29 is 18.3 Å². The molecule has 5 nitrogen and oxygen atoms in total. The summed E-state index contributed by atoms with van der Waals surface area (Å²) >= 11 is 0. The van der Waals surface area contributed by atoms with Crippen LogP contribution in [0.2, 0.25) is 0 Å². The van der Waals surface area contributed by atoms with Crippen molar-refractivity contribution in [3.63, 3.8) is 0 Å². The van der Waals surface area contributed by atoms with Crippen molar-refractivity contribution in [1.82, 2.24) is 4.57 Å². The largest absolute Gasteiger partial charge is 0.457 e. The van der Waals surface area contributed by atoms with Crippen LogP contribution in [0, 0.1) is 5.82 Å². The van der Waals surface area contributed by atoms with Gasteiger partial charge in [0.05, 0.1) is 11.1 Å². The number of fused-ring (bicyclic) bond motifs is 1. The number of nitrogens with zero attached hydrogens (tertiary/aromatic N) is 1. The highest BCUT2D eigenvalue weighted by atomic mass is 19.1. The van der Waals surface area contributed by atoms with Gasteiger partial charge in [0.15, 0.2) is 5.58 Å². The van der Waals surface area contributed by atoms with Crippen LogP contribution in [0.4, 0.5) is 4.39 Å². The second-order valence-electron chi connectivity index (χ2n) is 5.55. The summed E-state index contributed by atoms with van der Waals surface area (Å²) in [7, 11) is 1.62. The number of carbonyl (C=O) groups excluding carboxylic acids is 1. The number of ether oxygens (including phenoxy) is 1. The van der Waals surface area contributed by atoms with Gasteiger partial charge in [0.25, 0.3) is 0 Å². The zero-order valence-corrected chi connectivity index (χ0v) is 12.7. The summed E-state index contributed by atoms with van der Waals surface area (Å²) in [4.78, 5) is 23.7. The van der Waals surface area contributed by atoms with Crippen LogP contribution in [0.5, 0.6) is 0 Å². The first-order valence-corrected chi connectivity index (χ1v) is 7.31. The molecule has 1 aliphatic rings. The van der Waals surface area contributed by atoms with Gasteiger partial charge in [0.1, 0.15) is 12.4 Å². The van der Waals surface area contributed by atoms with Gasteiger partial charge in [-0.15, -0.1) is 0 Å². The molecule has 0 bridgehead atoms. The maximum Gasteiger partial charge on any atom is 0.419 e. The van der Waals surface area contributed by atoms with E-state index >= 15 is 0 Å². The topological polar surface area (TPSA) is 61.4 Å². The summed E-state index contributed by atoms with van der Waals surface area (Å²) < 4.78 is 24.9. The molecule has 6 heteroatoms. The van der Waals surface area contributed by atoms with Crippen molar-refractivity contribution >= 4 is 28.2 Å². The van der Waals surface area contributed by atoms with Crippen LogP contribution >= 0.6 is 0 Å². The lowest BCUT2D eigenvalue weighted by atomic mass is 9.96. The van der Waals surface area contributed by atoms with Gasteiger partial charge in [0.2, 0.25) is 0 Å². The summed E-state index contributed by atoms with van der Waals surface area (Å²) in [6.07, 6.45) is 0. The number of aromatic nitrogens is 1. The van der Waals surface area contributed by atoms with Crippen LogP contribution in [0.25, 0.3) is 22.2 Å². The molecule has 0 atom stereocenters. The molecular formula is C18H12FNO4. The predicted octanol–water partition coefficient (Wildman–Crippen LogP) is 2.74. The molecule has 0 saturated carbocycles. The van der Waals surface area contributed by atoms with Crippen molar-refractivity contribution in [3.8, 4) is 0 Å². The Bertz CT molecular complexity index is 1060. The fourth-order valence-electron chi connectivity index (χ4n) is 2.86. The van der Waals surface area contributed by atoms with E-state index in [4.69, 9.17) is 9.15 Å². The normalized spacial score (nSPS) is 14.5. The third kappa shape index (κ3) is 2.15. The summed E-state index contributed by atoms with van der Waals surface area (Å²) in [6, 6.07) is 10.9. The molecule has 0 spiro atoms. The van der Waals surface area contributed by atoms with E-state index in [-0.39, 0.29) is 12.4 Å². The van der Waals surface area contributed by atoms with Gasteiger partial charge in [-0.25, -0.2) is 14.0 Å². The minimum absolute atomic E-state index is 0.119. The fraction of sp³-hybridized carbons (Fsp3) is 0.111. The average Bonchev–Trinajstić information content (AvgIpc) is 3.09. The van der Waals surface area contributed by atoms with Gasteiger partial charge in [0, 0.05) is 12.6 Å². The fourth-order valence-corrected chi connectivity index (χ4v) is 2.86. The van der Waals surface area contributed by atoms with Crippen LogP contribution in [0.15, 0.2) is 51.7 Å². The Hall–Kier alpha value is -3.15. The molecule has 0 radical (unpaired) electrons. The molecule has 1 aliphatic heterocycles. The van der Waals surface area contributed by atoms with Crippen LogP contribution in [0.1, 0.15) is 11.1 Å². The van der Waals surface area contributed by atoms with E-state index in [2.05, 4.69) is 0 Å². The van der Waals surface area contributed by atoms with Crippen LogP contribution in [-0.4, -0.2) is 17.1 Å². The molecule has 0 amide bonds. The quantitative estimate of drug-likeness (QED) is 0.680. The highest BCUT2D eigenvalue weighted by Crippen LogP contribution is 2.34. The van der Waals surface area contributed by atoms with Crippen LogP contribution in [-0.2, 0) is 16.6 Å². The van der Waals surface area contributed by atoms with Crippen molar-refractivity contribution in [2.75, 3.05) is 6.61 Å². The van der Waals surface area contributed by atoms with Crippen molar-refractivity contribution in [1.29, 1.82) is 0 Å². The number of hydrogen-bond acceptors (Lipinski definition) is 4.